The Morgan fingerprint density at radius 3 is 2.31 bits per heavy atom. The van der Waals surface area contributed by atoms with E-state index in [-0.39, 0.29) is 10.8 Å². The summed E-state index contributed by atoms with van der Waals surface area (Å²) in [5.41, 5.74) is 1.68. The van der Waals surface area contributed by atoms with Gasteiger partial charge in [-0.3, -0.25) is 4.79 Å². The van der Waals surface area contributed by atoms with Crippen LogP contribution in [-0.4, -0.2) is 33.6 Å². The van der Waals surface area contributed by atoms with Gasteiger partial charge in [-0.05, 0) is 37.1 Å². The van der Waals surface area contributed by atoms with Crippen molar-refractivity contribution >= 4 is 21.6 Å². The maximum absolute atomic E-state index is 12.9. The molecule has 0 saturated carbocycles. The second-order valence-corrected chi connectivity index (χ2v) is 9.07. The summed E-state index contributed by atoms with van der Waals surface area (Å²) >= 11 is 0. The van der Waals surface area contributed by atoms with Gasteiger partial charge >= 0.3 is 0 Å². The Balaban J connectivity index is 1.79. The van der Waals surface area contributed by atoms with Gasteiger partial charge in [0.1, 0.15) is 6.04 Å². The lowest BCUT2D eigenvalue weighted by atomic mass is 10.0. The Kier molecular flexibility index (Phi) is 6.44. The zero-order valence-corrected chi connectivity index (χ0v) is 17.6. The highest BCUT2D eigenvalue weighted by Crippen LogP contribution is 2.32. The van der Waals surface area contributed by atoms with Crippen LogP contribution in [0.2, 0.25) is 0 Å². The molecule has 2 aromatic rings. The van der Waals surface area contributed by atoms with Crippen molar-refractivity contribution in [3.63, 3.8) is 0 Å². The van der Waals surface area contributed by atoms with Crippen molar-refractivity contribution in [1.82, 2.24) is 4.72 Å². The molecule has 2 aromatic carbocycles. The highest BCUT2D eigenvalue weighted by atomic mass is 32.2. The molecule has 0 spiro atoms. The number of hydrogen-bond acceptors (Lipinski definition) is 5. The van der Waals surface area contributed by atoms with Crippen LogP contribution < -0.4 is 19.5 Å². The first kappa shape index (κ1) is 21.1. The van der Waals surface area contributed by atoms with Gasteiger partial charge in [-0.1, -0.05) is 31.5 Å². The third-order valence-electron chi connectivity index (χ3n) is 4.58. The van der Waals surface area contributed by atoms with Crippen LogP contribution in [0.3, 0.4) is 0 Å². The number of fused-ring (bicyclic) bond motifs is 1. The van der Waals surface area contributed by atoms with Crippen molar-refractivity contribution < 1.29 is 22.7 Å². The summed E-state index contributed by atoms with van der Waals surface area (Å²) in [6.07, 6.45) is 0.726. The topological polar surface area (TPSA) is 93.7 Å². The van der Waals surface area contributed by atoms with Gasteiger partial charge in [0.15, 0.2) is 11.5 Å². The molecule has 29 heavy (non-hydrogen) atoms. The number of hydrogen-bond donors (Lipinski definition) is 2. The fourth-order valence-electron chi connectivity index (χ4n) is 2.90. The van der Waals surface area contributed by atoms with E-state index in [1.807, 2.05) is 19.1 Å². The van der Waals surface area contributed by atoms with E-state index in [4.69, 9.17) is 9.47 Å². The Morgan fingerprint density at radius 1 is 1.00 bits per heavy atom. The second-order valence-electron chi connectivity index (χ2n) is 7.36. The van der Waals surface area contributed by atoms with Crippen LogP contribution in [0.25, 0.3) is 0 Å². The minimum atomic E-state index is -3.94. The third kappa shape index (κ3) is 5.27. The van der Waals surface area contributed by atoms with Crippen molar-refractivity contribution in [1.29, 1.82) is 0 Å². The molecular weight excluding hydrogens is 392 g/mol. The molecule has 1 atom stereocenters. The molecule has 2 N–H and O–H groups in total. The summed E-state index contributed by atoms with van der Waals surface area (Å²) in [6, 6.07) is 10.8. The normalized spacial score (nSPS) is 14.9. The van der Waals surface area contributed by atoms with E-state index in [0.29, 0.717) is 30.4 Å². The summed E-state index contributed by atoms with van der Waals surface area (Å²) in [4.78, 5) is 12.8. The molecule has 7 nitrogen and oxygen atoms in total. The SMILES string of the molecule is Cc1ccc(NC(=O)C(NS(=O)(=O)c2ccc3c(c2)OCCCO3)C(C)C)cc1. The second kappa shape index (κ2) is 8.84. The number of sulfonamides is 1. The zero-order valence-electron chi connectivity index (χ0n) is 16.8. The average Bonchev–Trinajstić information content (AvgIpc) is 2.92. The maximum Gasteiger partial charge on any atom is 0.242 e. The van der Waals surface area contributed by atoms with Crippen LogP contribution >= 0.6 is 0 Å². The van der Waals surface area contributed by atoms with Crippen LogP contribution in [0, 0.1) is 12.8 Å². The Bertz CT molecular complexity index is 971. The first-order valence-electron chi connectivity index (χ1n) is 9.56. The van der Waals surface area contributed by atoms with Crippen LogP contribution in [0.1, 0.15) is 25.8 Å². The van der Waals surface area contributed by atoms with Gasteiger partial charge in [0, 0.05) is 18.2 Å². The van der Waals surface area contributed by atoms with Gasteiger partial charge in [0.25, 0.3) is 0 Å². The van der Waals surface area contributed by atoms with Crippen LogP contribution in [0.15, 0.2) is 47.4 Å². The fourth-order valence-corrected chi connectivity index (χ4v) is 4.25. The zero-order chi connectivity index (χ0) is 21.0. The minimum absolute atomic E-state index is 0.0236. The van der Waals surface area contributed by atoms with Gasteiger partial charge in [0.05, 0.1) is 18.1 Å². The predicted octanol–water partition coefficient (Wildman–Crippen LogP) is 3.10. The molecule has 3 rings (SSSR count). The Hall–Kier alpha value is -2.58. The molecule has 0 fully saturated rings. The number of benzene rings is 2. The number of amides is 1. The lowest BCUT2D eigenvalue weighted by Gasteiger charge is -2.22. The van der Waals surface area contributed by atoms with E-state index < -0.39 is 22.0 Å². The molecule has 0 radical (unpaired) electrons. The molecule has 0 aromatic heterocycles. The number of aryl methyl sites for hydroxylation is 1. The smallest absolute Gasteiger partial charge is 0.242 e. The van der Waals surface area contributed by atoms with E-state index in [9.17, 15) is 13.2 Å². The van der Waals surface area contributed by atoms with Gasteiger partial charge in [0.2, 0.25) is 15.9 Å². The summed E-state index contributed by atoms with van der Waals surface area (Å²) in [7, 11) is -3.94. The molecule has 1 unspecified atom stereocenters. The van der Waals surface area contributed by atoms with Crippen molar-refractivity contribution in [2.45, 2.75) is 38.1 Å². The number of rotatable bonds is 6. The number of carbonyl (C=O) groups is 1. The largest absolute Gasteiger partial charge is 0.490 e. The summed E-state index contributed by atoms with van der Waals surface area (Å²) in [5, 5.41) is 2.77. The molecule has 1 aliphatic heterocycles. The molecule has 0 aliphatic carbocycles. The third-order valence-corrected chi connectivity index (χ3v) is 6.02. The van der Waals surface area contributed by atoms with Crippen LogP contribution in [0.4, 0.5) is 5.69 Å². The molecule has 156 valence electrons. The number of ether oxygens (including phenoxy) is 2. The monoisotopic (exact) mass is 418 g/mol. The van der Waals surface area contributed by atoms with Gasteiger partial charge in [-0.15, -0.1) is 0 Å². The fraction of sp³-hybridized carbons (Fsp3) is 0.381. The van der Waals surface area contributed by atoms with E-state index in [1.165, 1.54) is 12.1 Å². The number of anilines is 1. The van der Waals surface area contributed by atoms with Gasteiger partial charge < -0.3 is 14.8 Å². The average molecular weight is 419 g/mol. The molecular formula is C21H26N2O5S. The lowest BCUT2D eigenvalue weighted by molar-refractivity contribution is -0.118. The van der Waals surface area contributed by atoms with E-state index >= 15 is 0 Å². The molecule has 0 saturated heterocycles. The summed E-state index contributed by atoms with van der Waals surface area (Å²) < 4.78 is 39.5. The lowest BCUT2D eigenvalue weighted by Crippen LogP contribution is -2.47. The Morgan fingerprint density at radius 2 is 1.66 bits per heavy atom. The standard InChI is InChI=1S/C21H26N2O5S/c1-14(2)20(21(24)22-16-7-5-15(3)6-8-16)23-29(25,26)17-9-10-18-19(13-17)28-12-4-11-27-18/h5-10,13-14,20,23H,4,11-12H2,1-3H3,(H,22,24). The minimum Gasteiger partial charge on any atom is -0.490 e. The summed E-state index contributed by atoms with van der Waals surface area (Å²) in [5.74, 6) is 0.229. The molecule has 1 aliphatic rings. The molecule has 0 bridgehead atoms. The molecule has 8 heteroatoms. The van der Waals surface area contributed by atoms with Crippen molar-refractivity contribution in [2.24, 2.45) is 5.92 Å². The van der Waals surface area contributed by atoms with Crippen molar-refractivity contribution in [3.8, 4) is 11.5 Å². The van der Waals surface area contributed by atoms with Crippen LogP contribution in [-0.2, 0) is 14.8 Å². The number of carbonyl (C=O) groups excluding carboxylic acids is 1. The van der Waals surface area contributed by atoms with E-state index in [1.54, 1.807) is 32.0 Å². The van der Waals surface area contributed by atoms with Gasteiger partial charge in [-0.2, -0.15) is 4.72 Å². The highest BCUT2D eigenvalue weighted by Gasteiger charge is 2.29. The predicted molar refractivity (Wildman–Crippen MR) is 111 cm³/mol. The summed E-state index contributed by atoms with van der Waals surface area (Å²) in [6.45, 7) is 6.50. The Labute approximate surface area is 171 Å². The first-order valence-corrected chi connectivity index (χ1v) is 11.0. The van der Waals surface area contributed by atoms with Crippen LogP contribution in [0.5, 0.6) is 11.5 Å². The number of nitrogens with one attached hydrogen (secondary N) is 2. The van der Waals surface area contributed by atoms with Crippen molar-refractivity contribution in [3.05, 3.63) is 48.0 Å². The van der Waals surface area contributed by atoms with Gasteiger partial charge in [-0.25, -0.2) is 8.42 Å². The first-order chi connectivity index (χ1) is 13.8. The van der Waals surface area contributed by atoms with Crippen molar-refractivity contribution in [2.75, 3.05) is 18.5 Å². The quantitative estimate of drug-likeness (QED) is 0.752. The van der Waals surface area contributed by atoms with E-state index in [0.717, 1.165) is 12.0 Å². The highest BCUT2D eigenvalue weighted by molar-refractivity contribution is 7.89. The van der Waals surface area contributed by atoms with E-state index in [2.05, 4.69) is 10.0 Å². The maximum atomic E-state index is 12.9. The molecule has 1 heterocycles. The molecule has 1 amide bonds.